The van der Waals surface area contributed by atoms with E-state index in [1.165, 1.54) is 12.4 Å². The van der Waals surface area contributed by atoms with Crippen molar-refractivity contribution in [2.24, 2.45) is 0 Å². The predicted molar refractivity (Wildman–Crippen MR) is 46.5 cm³/mol. The van der Waals surface area contributed by atoms with Gasteiger partial charge in [0.2, 0.25) is 0 Å². The average Bonchev–Trinajstić information content (AvgIpc) is 2.03. The zero-order chi connectivity index (χ0) is 9.90. The van der Waals surface area contributed by atoms with Crippen molar-refractivity contribution in [2.45, 2.75) is 12.4 Å². The number of hydrogen-bond donors (Lipinski definition) is 1. The lowest BCUT2D eigenvalue weighted by Crippen LogP contribution is -2.05. The Morgan fingerprint density at radius 3 is 2.31 bits per heavy atom. The van der Waals surface area contributed by atoms with Gasteiger partial charge in [0.05, 0.1) is 6.61 Å². The first-order valence-electron chi connectivity index (χ1n) is 3.59. The molecule has 1 rings (SSSR count). The maximum absolute atomic E-state index is 10.8. The second kappa shape index (κ2) is 3.80. The standard InChI is InChI=1S/C7H10N2O3S/c1-13(11,12)5-7-8-2-6(4-10)3-9-7/h2-3,10H,4-5H2,1H3. The third-order valence-corrected chi connectivity index (χ3v) is 2.12. The van der Waals surface area contributed by atoms with E-state index in [0.29, 0.717) is 5.56 Å². The summed E-state index contributed by atoms with van der Waals surface area (Å²) < 4.78 is 21.7. The lowest BCUT2D eigenvalue weighted by atomic mass is 10.4. The molecule has 1 aromatic heterocycles. The Bertz CT molecular complexity index is 371. The molecule has 0 aliphatic heterocycles. The van der Waals surface area contributed by atoms with E-state index in [-0.39, 0.29) is 18.2 Å². The van der Waals surface area contributed by atoms with E-state index < -0.39 is 9.84 Å². The van der Waals surface area contributed by atoms with Crippen LogP contribution in [0.5, 0.6) is 0 Å². The smallest absolute Gasteiger partial charge is 0.154 e. The summed E-state index contributed by atoms with van der Waals surface area (Å²) in [4.78, 5) is 7.57. The van der Waals surface area contributed by atoms with E-state index >= 15 is 0 Å². The molecule has 0 saturated carbocycles. The summed E-state index contributed by atoms with van der Waals surface area (Å²) in [6.07, 6.45) is 3.94. The van der Waals surface area contributed by atoms with Crippen LogP contribution in [0.15, 0.2) is 12.4 Å². The number of aliphatic hydroxyl groups is 1. The quantitative estimate of drug-likeness (QED) is 0.715. The molecule has 0 saturated heterocycles. The summed E-state index contributed by atoms with van der Waals surface area (Å²) in [5.41, 5.74) is 0.567. The summed E-state index contributed by atoms with van der Waals surface area (Å²) in [6, 6.07) is 0. The number of nitrogens with zero attached hydrogens (tertiary/aromatic N) is 2. The number of aromatic nitrogens is 2. The Morgan fingerprint density at radius 1 is 1.38 bits per heavy atom. The summed E-state index contributed by atoms with van der Waals surface area (Å²) in [6.45, 7) is -0.140. The maximum atomic E-state index is 10.8. The van der Waals surface area contributed by atoms with Crippen LogP contribution in [0.4, 0.5) is 0 Å². The van der Waals surface area contributed by atoms with Crippen LogP contribution in [0.3, 0.4) is 0 Å². The fraction of sp³-hybridized carbons (Fsp3) is 0.429. The molecule has 0 spiro atoms. The zero-order valence-corrected chi connectivity index (χ0v) is 7.95. The van der Waals surface area contributed by atoms with Crippen LogP contribution in [-0.4, -0.2) is 29.7 Å². The highest BCUT2D eigenvalue weighted by molar-refractivity contribution is 7.89. The zero-order valence-electron chi connectivity index (χ0n) is 7.14. The third-order valence-electron chi connectivity index (χ3n) is 1.33. The normalized spacial score (nSPS) is 11.5. The molecule has 1 N–H and O–H groups in total. The van der Waals surface area contributed by atoms with Gasteiger partial charge in [-0.3, -0.25) is 0 Å². The highest BCUT2D eigenvalue weighted by Gasteiger charge is 2.06. The van der Waals surface area contributed by atoms with Crippen molar-refractivity contribution in [3.63, 3.8) is 0 Å². The Balaban J connectivity index is 2.81. The second-order valence-corrected chi connectivity index (χ2v) is 4.88. The fourth-order valence-corrected chi connectivity index (χ4v) is 1.39. The van der Waals surface area contributed by atoms with Gasteiger partial charge in [0, 0.05) is 24.2 Å². The van der Waals surface area contributed by atoms with Crippen LogP contribution in [0.25, 0.3) is 0 Å². The van der Waals surface area contributed by atoms with E-state index in [1.807, 2.05) is 0 Å². The van der Waals surface area contributed by atoms with Gasteiger partial charge in [0.25, 0.3) is 0 Å². The Kier molecular flexibility index (Phi) is 2.94. The SMILES string of the molecule is CS(=O)(=O)Cc1ncc(CO)cn1. The van der Waals surface area contributed by atoms with Crippen molar-refractivity contribution in [3.8, 4) is 0 Å². The summed E-state index contributed by atoms with van der Waals surface area (Å²) >= 11 is 0. The first-order chi connectivity index (χ1) is 6.01. The van der Waals surface area contributed by atoms with Crippen LogP contribution in [0, 0.1) is 0 Å². The minimum Gasteiger partial charge on any atom is -0.392 e. The first-order valence-corrected chi connectivity index (χ1v) is 5.66. The van der Waals surface area contributed by atoms with Crippen LogP contribution in [-0.2, 0) is 22.2 Å². The highest BCUT2D eigenvalue weighted by Crippen LogP contribution is 1.99. The molecule has 0 aliphatic rings. The lowest BCUT2D eigenvalue weighted by molar-refractivity contribution is 0.281. The summed E-state index contributed by atoms with van der Waals surface area (Å²) in [5.74, 6) is 0.0818. The van der Waals surface area contributed by atoms with Gasteiger partial charge in [-0.25, -0.2) is 18.4 Å². The molecule has 5 nitrogen and oxygen atoms in total. The molecule has 0 aromatic carbocycles. The number of aliphatic hydroxyl groups excluding tert-OH is 1. The van der Waals surface area contributed by atoms with Crippen LogP contribution in [0.1, 0.15) is 11.4 Å². The molecule has 0 aliphatic carbocycles. The van der Waals surface area contributed by atoms with Crippen LogP contribution in [0.2, 0.25) is 0 Å². The van der Waals surface area contributed by atoms with Crippen molar-refractivity contribution >= 4 is 9.84 Å². The molecule has 1 aromatic rings. The van der Waals surface area contributed by atoms with Gasteiger partial charge in [-0.15, -0.1) is 0 Å². The average molecular weight is 202 g/mol. The van der Waals surface area contributed by atoms with E-state index in [1.54, 1.807) is 0 Å². The molecular weight excluding hydrogens is 192 g/mol. The Morgan fingerprint density at radius 2 is 1.92 bits per heavy atom. The lowest BCUT2D eigenvalue weighted by Gasteiger charge is -1.98. The van der Waals surface area contributed by atoms with Gasteiger partial charge in [-0.1, -0.05) is 0 Å². The molecule has 6 heteroatoms. The number of rotatable bonds is 3. The molecule has 0 unspecified atom stereocenters. The van der Waals surface area contributed by atoms with Gasteiger partial charge >= 0.3 is 0 Å². The van der Waals surface area contributed by atoms with E-state index in [9.17, 15) is 8.42 Å². The van der Waals surface area contributed by atoms with Gasteiger partial charge in [-0.05, 0) is 0 Å². The van der Waals surface area contributed by atoms with Gasteiger partial charge in [-0.2, -0.15) is 0 Å². The number of hydrogen-bond acceptors (Lipinski definition) is 5. The Hall–Kier alpha value is -1.01. The topological polar surface area (TPSA) is 80.2 Å². The number of sulfone groups is 1. The largest absolute Gasteiger partial charge is 0.392 e. The maximum Gasteiger partial charge on any atom is 0.154 e. The minimum atomic E-state index is -3.08. The van der Waals surface area contributed by atoms with Gasteiger partial charge < -0.3 is 5.11 Å². The monoisotopic (exact) mass is 202 g/mol. The van der Waals surface area contributed by atoms with E-state index in [4.69, 9.17) is 5.11 Å². The molecule has 1 heterocycles. The summed E-state index contributed by atoms with van der Waals surface area (Å²) in [7, 11) is -3.08. The Labute approximate surface area is 76.4 Å². The molecule has 13 heavy (non-hydrogen) atoms. The summed E-state index contributed by atoms with van der Waals surface area (Å²) in [5, 5.41) is 8.66. The third kappa shape index (κ3) is 3.47. The molecule has 72 valence electrons. The molecule has 0 atom stereocenters. The van der Waals surface area contributed by atoms with Crippen LogP contribution >= 0.6 is 0 Å². The first kappa shape index (κ1) is 10.1. The molecule has 0 amide bonds. The van der Waals surface area contributed by atoms with Crippen LogP contribution < -0.4 is 0 Å². The van der Waals surface area contributed by atoms with Crippen molar-refractivity contribution in [1.29, 1.82) is 0 Å². The molecule has 0 fully saturated rings. The minimum absolute atomic E-state index is 0.140. The van der Waals surface area contributed by atoms with E-state index in [2.05, 4.69) is 9.97 Å². The predicted octanol–water partition coefficient (Wildman–Crippen LogP) is -0.487. The van der Waals surface area contributed by atoms with Gasteiger partial charge in [0.15, 0.2) is 9.84 Å². The molecule has 0 bridgehead atoms. The second-order valence-electron chi connectivity index (χ2n) is 2.74. The van der Waals surface area contributed by atoms with E-state index in [0.717, 1.165) is 6.26 Å². The van der Waals surface area contributed by atoms with Crippen molar-refractivity contribution in [1.82, 2.24) is 9.97 Å². The molecule has 0 radical (unpaired) electrons. The van der Waals surface area contributed by atoms with Crippen molar-refractivity contribution in [2.75, 3.05) is 6.26 Å². The van der Waals surface area contributed by atoms with Crippen molar-refractivity contribution in [3.05, 3.63) is 23.8 Å². The fourth-order valence-electron chi connectivity index (χ4n) is 0.772. The highest BCUT2D eigenvalue weighted by atomic mass is 32.2. The van der Waals surface area contributed by atoms with Gasteiger partial charge in [0.1, 0.15) is 11.6 Å². The molecular formula is C7H10N2O3S. The van der Waals surface area contributed by atoms with Crippen molar-refractivity contribution < 1.29 is 13.5 Å².